The number of amides is 3. The molecule has 140 valence electrons. The maximum atomic E-state index is 12.6. The molecule has 2 heterocycles. The van der Waals surface area contributed by atoms with Crippen LogP contribution in [0.1, 0.15) is 9.75 Å². The molecule has 0 bridgehead atoms. The number of thioether (sulfide) groups is 1. The lowest BCUT2D eigenvalue weighted by Crippen LogP contribution is -2.36. The lowest BCUT2D eigenvalue weighted by atomic mass is 10.1. The van der Waals surface area contributed by atoms with E-state index in [9.17, 15) is 14.4 Å². The highest BCUT2D eigenvalue weighted by atomic mass is 32.2. The Labute approximate surface area is 170 Å². The molecule has 3 amide bonds. The largest absolute Gasteiger partial charge is 0.324 e. The molecular formula is C21H16N2O3S2. The van der Waals surface area contributed by atoms with Gasteiger partial charge in [-0.25, -0.2) is 0 Å². The molecule has 1 fully saturated rings. The van der Waals surface area contributed by atoms with E-state index in [-0.39, 0.29) is 6.54 Å². The van der Waals surface area contributed by atoms with Crippen LogP contribution in [0.3, 0.4) is 0 Å². The lowest BCUT2D eigenvalue weighted by molar-refractivity contribution is -0.127. The number of hydrogen-bond acceptors (Lipinski definition) is 5. The SMILES string of the molecule is Cc1ccc(/C=C2/SC(=O)N(CC(=O)Nc3cccc4ccccc34)C2=O)s1. The average molecular weight is 409 g/mol. The Kier molecular flexibility index (Phi) is 5.02. The summed E-state index contributed by atoms with van der Waals surface area (Å²) >= 11 is 2.41. The van der Waals surface area contributed by atoms with E-state index >= 15 is 0 Å². The first-order valence-electron chi connectivity index (χ1n) is 8.61. The third kappa shape index (κ3) is 3.72. The van der Waals surface area contributed by atoms with Gasteiger partial charge in [-0.05, 0) is 48.3 Å². The van der Waals surface area contributed by atoms with Crippen LogP contribution in [0.25, 0.3) is 16.8 Å². The summed E-state index contributed by atoms with van der Waals surface area (Å²) in [7, 11) is 0. The Balaban J connectivity index is 1.49. The minimum Gasteiger partial charge on any atom is -0.324 e. The van der Waals surface area contributed by atoms with Crippen LogP contribution in [0.2, 0.25) is 0 Å². The van der Waals surface area contributed by atoms with Crippen molar-refractivity contribution in [3.63, 3.8) is 0 Å². The highest BCUT2D eigenvalue weighted by Gasteiger charge is 2.36. The second-order valence-corrected chi connectivity index (χ2v) is 8.60. The Morgan fingerprint density at radius 3 is 2.64 bits per heavy atom. The fourth-order valence-electron chi connectivity index (χ4n) is 2.96. The van der Waals surface area contributed by atoms with Crippen molar-refractivity contribution < 1.29 is 14.4 Å². The number of carbonyl (C=O) groups excluding carboxylic acids is 3. The van der Waals surface area contributed by atoms with Crippen LogP contribution in [0.15, 0.2) is 59.5 Å². The summed E-state index contributed by atoms with van der Waals surface area (Å²) < 4.78 is 0. The fourth-order valence-corrected chi connectivity index (χ4v) is 4.69. The summed E-state index contributed by atoms with van der Waals surface area (Å²) in [5, 5.41) is 4.28. The van der Waals surface area contributed by atoms with Crippen molar-refractivity contribution in [3.05, 3.63) is 69.3 Å². The number of nitrogens with zero attached hydrogens (tertiary/aromatic N) is 1. The van der Waals surface area contributed by atoms with Gasteiger partial charge in [0.15, 0.2) is 0 Å². The van der Waals surface area contributed by atoms with Crippen molar-refractivity contribution in [2.45, 2.75) is 6.92 Å². The van der Waals surface area contributed by atoms with E-state index in [1.807, 2.05) is 55.5 Å². The smallest absolute Gasteiger partial charge is 0.294 e. The van der Waals surface area contributed by atoms with E-state index in [4.69, 9.17) is 0 Å². The van der Waals surface area contributed by atoms with Gasteiger partial charge < -0.3 is 5.32 Å². The molecule has 0 unspecified atom stereocenters. The zero-order chi connectivity index (χ0) is 19.7. The van der Waals surface area contributed by atoms with E-state index in [1.54, 1.807) is 23.5 Å². The number of nitrogens with one attached hydrogen (secondary N) is 1. The molecule has 0 saturated carbocycles. The quantitative estimate of drug-likeness (QED) is 0.625. The molecule has 0 atom stereocenters. The normalized spacial score (nSPS) is 15.6. The molecule has 4 rings (SSSR count). The third-order valence-corrected chi connectivity index (χ3v) is 6.13. The Hall–Kier alpha value is -2.90. The van der Waals surface area contributed by atoms with Gasteiger partial charge in [0.25, 0.3) is 11.1 Å². The van der Waals surface area contributed by atoms with Crippen LogP contribution in [0.5, 0.6) is 0 Å². The topological polar surface area (TPSA) is 66.5 Å². The van der Waals surface area contributed by atoms with Gasteiger partial charge in [-0.15, -0.1) is 11.3 Å². The first-order chi connectivity index (χ1) is 13.5. The van der Waals surface area contributed by atoms with Crippen LogP contribution >= 0.6 is 23.1 Å². The van der Waals surface area contributed by atoms with E-state index in [0.717, 1.165) is 37.2 Å². The molecule has 1 aromatic heterocycles. The van der Waals surface area contributed by atoms with Crippen molar-refractivity contribution >= 4 is 62.7 Å². The summed E-state index contributed by atoms with van der Waals surface area (Å²) in [6, 6.07) is 17.2. The second-order valence-electron chi connectivity index (χ2n) is 6.29. The van der Waals surface area contributed by atoms with Crippen molar-refractivity contribution in [1.29, 1.82) is 0 Å². The fraction of sp³-hybridized carbons (Fsp3) is 0.0952. The number of benzene rings is 2. The highest BCUT2D eigenvalue weighted by molar-refractivity contribution is 8.18. The molecule has 7 heteroatoms. The molecule has 0 aliphatic carbocycles. The Morgan fingerprint density at radius 1 is 1.07 bits per heavy atom. The number of fused-ring (bicyclic) bond motifs is 1. The van der Waals surface area contributed by atoms with Gasteiger partial charge in [0.2, 0.25) is 5.91 Å². The van der Waals surface area contributed by atoms with Crippen molar-refractivity contribution in [1.82, 2.24) is 4.90 Å². The average Bonchev–Trinajstić information content (AvgIpc) is 3.20. The van der Waals surface area contributed by atoms with Gasteiger partial charge in [-0.2, -0.15) is 0 Å². The highest BCUT2D eigenvalue weighted by Crippen LogP contribution is 2.33. The van der Waals surface area contributed by atoms with Crippen LogP contribution in [-0.4, -0.2) is 28.5 Å². The van der Waals surface area contributed by atoms with Crippen molar-refractivity contribution in [2.75, 3.05) is 11.9 Å². The Bertz CT molecular complexity index is 1130. The molecule has 3 aromatic rings. The van der Waals surface area contributed by atoms with E-state index in [2.05, 4.69) is 5.32 Å². The zero-order valence-corrected chi connectivity index (χ0v) is 16.6. The standard InChI is InChI=1S/C21H16N2O3S2/c1-13-9-10-15(27-13)11-18-20(25)23(21(26)28-18)12-19(24)22-17-8-4-6-14-5-2-3-7-16(14)17/h2-11H,12H2,1H3,(H,22,24)/b18-11+. The number of aryl methyl sites for hydroxylation is 1. The van der Waals surface area contributed by atoms with Gasteiger partial charge in [0.05, 0.1) is 4.91 Å². The number of thiophene rings is 1. The van der Waals surface area contributed by atoms with Gasteiger partial charge >= 0.3 is 0 Å². The Morgan fingerprint density at radius 2 is 1.86 bits per heavy atom. The van der Waals surface area contributed by atoms with E-state index in [1.165, 1.54) is 0 Å². The van der Waals surface area contributed by atoms with E-state index < -0.39 is 17.1 Å². The second kappa shape index (κ2) is 7.61. The number of anilines is 1. The third-order valence-electron chi connectivity index (χ3n) is 4.27. The summed E-state index contributed by atoms with van der Waals surface area (Å²) in [4.78, 5) is 40.6. The number of hydrogen-bond donors (Lipinski definition) is 1. The van der Waals surface area contributed by atoms with Gasteiger partial charge in [-0.1, -0.05) is 36.4 Å². The maximum Gasteiger partial charge on any atom is 0.294 e. The van der Waals surface area contributed by atoms with Gasteiger partial charge in [0, 0.05) is 20.8 Å². The summed E-state index contributed by atoms with van der Waals surface area (Å²) in [5.74, 6) is -0.846. The molecule has 1 saturated heterocycles. The predicted octanol–water partition coefficient (Wildman–Crippen LogP) is 4.88. The lowest BCUT2D eigenvalue weighted by Gasteiger charge is -2.13. The maximum absolute atomic E-state index is 12.6. The molecule has 5 nitrogen and oxygen atoms in total. The zero-order valence-electron chi connectivity index (χ0n) is 15.0. The van der Waals surface area contributed by atoms with Gasteiger partial charge in [0.1, 0.15) is 6.54 Å². The van der Waals surface area contributed by atoms with Crippen LogP contribution in [0.4, 0.5) is 10.5 Å². The molecule has 2 aromatic carbocycles. The molecule has 28 heavy (non-hydrogen) atoms. The molecule has 1 N–H and O–H groups in total. The van der Waals surface area contributed by atoms with Crippen molar-refractivity contribution in [2.24, 2.45) is 0 Å². The number of rotatable bonds is 4. The number of carbonyl (C=O) groups is 3. The predicted molar refractivity (Wildman–Crippen MR) is 114 cm³/mol. The summed E-state index contributed by atoms with van der Waals surface area (Å²) in [5.41, 5.74) is 0.652. The van der Waals surface area contributed by atoms with Crippen LogP contribution in [0, 0.1) is 6.92 Å². The van der Waals surface area contributed by atoms with Crippen LogP contribution in [-0.2, 0) is 9.59 Å². The first-order valence-corrected chi connectivity index (χ1v) is 10.2. The van der Waals surface area contributed by atoms with Crippen molar-refractivity contribution in [3.8, 4) is 0 Å². The monoisotopic (exact) mass is 408 g/mol. The van der Waals surface area contributed by atoms with Crippen LogP contribution < -0.4 is 5.32 Å². The molecule has 0 radical (unpaired) electrons. The summed E-state index contributed by atoms with van der Waals surface area (Å²) in [6.45, 7) is 1.67. The summed E-state index contributed by atoms with van der Waals surface area (Å²) in [6.07, 6.45) is 1.70. The molecular weight excluding hydrogens is 392 g/mol. The molecule has 1 aliphatic rings. The molecule has 1 aliphatic heterocycles. The minimum atomic E-state index is -0.436. The van der Waals surface area contributed by atoms with Gasteiger partial charge in [-0.3, -0.25) is 19.3 Å². The first kappa shape index (κ1) is 18.5. The minimum absolute atomic E-state index is 0.311. The van der Waals surface area contributed by atoms with E-state index in [0.29, 0.717) is 10.6 Å². The number of imide groups is 1. The molecule has 0 spiro atoms.